The number of hydrogen-bond acceptors (Lipinski definition) is 7. The second kappa shape index (κ2) is 8.97. The van der Waals surface area contributed by atoms with Crippen molar-refractivity contribution >= 4 is 48.8 Å². The summed E-state index contributed by atoms with van der Waals surface area (Å²) >= 11 is 1.27. The number of aryl methyl sites for hydroxylation is 2. The van der Waals surface area contributed by atoms with Crippen molar-refractivity contribution in [1.29, 1.82) is 0 Å². The molecule has 0 bridgehead atoms. The van der Waals surface area contributed by atoms with Gasteiger partial charge in [-0.3, -0.25) is 4.72 Å². The van der Waals surface area contributed by atoms with E-state index in [0.717, 1.165) is 16.5 Å². The Morgan fingerprint density at radius 1 is 1.00 bits per heavy atom. The van der Waals surface area contributed by atoms with Gasteiger partial charge in [-0.25, -0.2) is 13.4 Å². The number of nitrogens with zero attached hydrogens (tertiary/aromatic N) is 4. The van der Waals surface area contributed by atoms with Crippen LogP contribution in [0.3, 0.4) is 0 Å². The zero-order valence-electron chi connectivity index (χ0n) is 18.9. The third-order valence-electron chi connectivity index (χ3n) is 5.53. The van der Waals surface area contributed by atoms with E-state index in [1.54, 1.807) is 53.4 Å². The van der Waals surface area contributed by atoms with Crippen LogP contribution in [-0.4, -0.2) is 23.1 Å². The number of sulfonamides is 1. The van der Waals surface area contributed by atoms with E-state index in [4.69, 9.17) is 0 Å². The zero-order valence-corrected chi connectivity index (χ0v) is 20.5. The Balaban J connectivity index is 1.48. The number of benzene rings is 3. The predicted molar refractivity (Wildman–Crippen MR) is 138 cm³/mol. The molecule has 0 unspecified atom stereocenters. The van der Waals surface area contributed by atoms with Crippen molar-refractivity contribution in [3.05, 3.63) is 83.7 Å². The first-order valence-corrected chi connectivity index (χ1v) is 13.0. The monoisotopic (exact) mass is 503 g/mol. The Morgan fingerprint density at radius 2 is 1.74 bits per heavy atom. The second-order valence-corrected chi connectivity index (χ2v) is 10.5. The average Bonchev–Trinajstić information content (AvgIpc) is 3.43. The first kappa shape index (κ1) is 22.8. The third kappa shape index (κ3) is 4.41. The molecule has 2 N–H and O–H groups in total. The largest absolute Gasteiger partial charge is 0.493 e. The summed E-state index contributed by atoms with van der Waals surface area (Å²) in [6.07, 6.45) is 0. The van der Waals surface area contributed by atoms with Crippen LogP contribution in [0.25, 0.3) is 22.2 Å². The van der Waals surface area contributed by atoms with E-state index < -0.39 is 10.0 Å². The fourth-order valence-corrected chi connectivity index (χ4v) is 5.48. The van der Waals surface area contributed by atoms with Gasteiger partial charge >= 0.3 is 0 Å². The molecule has 0 spiro atoms. The van der Waals surface area contributed by atoms with E-state index in [-0.39, 0.29) is 10.8 Å². The lowest BCUT2D eigenvalue weighted by atomic mass is 10.1. The summed E-state index contributed by atoms with van der Waals surface area (Å²) in [5.74, 6) is 0.0167. The lowest BCUT2D eigenvalue weighted by molar-refractivity contribution is 0.436. The molecule has 0 aliphatic rings. The highest BCUT2D eigenvalue weighted by Crippen LogP contribution is 2.39. The number of aromatic nitrogens is 2. The maximum absolute atomic E-state index is 12.9. The minimum absolute atomic E-state index is 0.0167. The number of hydrogen-bond donors (Lipinski definition) is 2. The topological polar surface area (TPSA) is 109 Å². The molecule has 2 aromatic heterocycles. The lowest BCUT2D eigenvalue weighted by Crippen LogP contribution is -2.13. The van der Waals surface area contributed by atoms with E-state index in [9.17, 15) is 13.5 Å². The molecule has 2 heterocycles. The van der Waals surface area contributed by atoms with Crippen LogP contribution in [0, 0.1) is 6.92 Å². The van der Waals surface area contributed by atoms with Crippen LogP contribution in [0.15, 0.2) is 93.3 Å². The third-order valence-corrected chi connectivity index (χ3v) is 7.63. The first-order valence-electron chi connectivity index (χ1n) is 10.7. The average molecular weight is 504 g/mol. The number of para-hydroxylation sites is 1. The molecular weight excluding hydrogens is 482 g/mol. The molecule has 35 heavy (non-hydrogen) atoms. The van der Waals surface area contributed by atoms with Gasteiger partial charge in [0.1, 0.15) is 0 Å². The van der Waals surface area contributed by atoms with Gasteiger partial charge in [-0.05, 0) is 37.3 Å². The first-order chi connectivity index (χ1) is 16.8. The summed E-state index contributed by atoms with van der Waals surface area (Å²) in [4.78, 5) is 4.73. The zero-order chi connectivity index (χ0) is 24.6. The Hall–Kier alpha value is -4.02. The molecule has 5 rings (SSSR count). The number of fused-ring (bicyclic) bond motifs is 1. The van der Waals surface area contributed by atoms with Crippen molar-refractivity contribution in [2.45, 2.75) is 11.8 Å². The van der Waals surface area contributed by atoms with E-state index in [2.05, 4.69) is 19.9 Å². The molecule has 0 saturated carbocycles. The van der Waals surface area contributed by atoms with Gasteiger partial charge in [0.25, 0.3) is 10.0 Å². The van der Waals surface area contributed by atoms with Crippen LogP contribution in [-0.2, 0) is 17.1 Å². The molecule has 176 valence electrons. The maximum atomic E-state index is 12.9. The number of aromatic hydroxyl groups is 1. The van der Waals surface area contributed by atoms with Crippen molar-refractivity contribution < 1.29 is 13.5 Å². The van der Waals surface area contributed by atoms with Crippen molar-refractivity contribution in [3.63, 3.8) is 0 Å². The van der Waals surface area contributed by atoms with Crippen molar-refractivity contribution in [2.75, 3.05) is 4.72 Å². The molecule has 0 saturated heterocycles. The predicted octanol–water partition coefficient (Wildman–Crippen LogP) is 6.53. The quantitative estimate of drug-likeness (QED) is 0.257. The smallest absolute Gasteiger partial charge is 0.261 e. The Bertz CT molecular complexity index is 1670. The normalized spacial score (nSPS) is 11.9. The SMILES string of the molecule is Cc1ccc(NS(=O)(=O)c2ccccc2)c(-c2csc(N=Nc3c(O)n(C)c4ccccc34)n2)c1. The van der Waals surface area contributed by atoms with Gasteiger partial charge in [-0.1, -0.05) is 48.0 Å². The standard InChI is InChI=1S/C25H21N5O3S2/c1-16-12-13-20(29-35(32,33)17-8-4-3-5-9-17)19(14-16)21-15-34-25(26-21)28-27-23-18-10-6-7-11-22(18)30(2)24(23)31/h3-15,29,31H,1-2H3. The maximum Gasteiger partial charge on any atom is 0.261 e. The van der Waals surface area contributed by atoms with Gasteiger partial charge in [0.05, 0.1) is 21.8 Å². The van der Waals surface area contributed by atoms with Gasteiger partial charge in [0.15, 0.2) is 5.69 Å². The molecule has 0 amide bonds. The van der Waals surface area contributed by atoms with Crippen LogP contribution in [0.2, 0.25) is 0 Å². The molecule has 0 fully saturated rings. The highest BCUT2D eigenvalue weighted by Gasteiger charge is 2.18. The molecule has 0 aliphatic carbocycles. The van der Waals surface area contributed by atoms with E-state index >= 15 is 0 Å². The summed E-state index contributed by atoms with van der Waals surface area (Å²) in [6.45, 7) is 1.93. The summed E-state index contributed by atoms with van der Waals surface area (Å²) in [6, 6.07) is 21.2. The van der Waals surface area contributed by atoms with Crippen LogP contribution >= 0.6 is 11.3 Å². The molecule has 5 aromatic rings. The van der Waals surface area contributed by atoms with Crippen molar-refractivity contribution in [1.82, 2.24) is 9.55 Å². The van der Waals surface area contributed by atoms with Crippen LogP contribution in [0.5, 0.6) is 5.88 Å². The van der Waals surface area contributed by atoms with E-state index in [0.29, 0.717) is 27.8 Å². The molecule has 8 nitrogen and oxygen atoms in total. The minimum Gasteiger partial charge on any atom is -0.493 e. The van der Waals surface area contributed by atoms with E-state index in [1.807, 2.05) is 43.3 Å². The Morgan fingerprint density at radius 3 is 2.54 bits per heavy atom. The number of thiazole rings is 1. The molecule has 0 atom stereocenters. The second-order valence-electron chi connectivity index (χ2n) is 7.93. The molecule has 0 aliphatic heterocycles. The van der Waals surface area contributed by atoms with Gasteiger partial charge in [-0.2, -0.15) is 0 Å². The molecular formula is C25H21N5O3S2. The Labute approximate surface area is 206 Å². The molecule has 0 radical (unpaired) electrons. The van der Waals surface area contributed by atoms with Gasteiger partial charge in [0, 0.05) is 23.4 Å². The summed E-state index contributed by atoms with van der Waals surface area (Å²) in [7, 11) is -2.01. The van der Waals surface area contributed by atoms with Gasteiger partial charge < -0.3 is 9.67 Å². The highest BCUT2D eigenvalue weighted by atomic mass is 32.2. The summed E-state index contributed by atoms with van der Waals surface area (Å²) in [5, 5.41) is 21.9. The van der Waals surface area contributed by atoms with Crippen molar-refractivity contribution in [2.24, 2.45) is 17.3 Å². The Kier molecular flexibility index (Phi) is 5.83. The fraction of sp³-hybridized carbons (Fsp3) is 0.0800. The number of anilines is 1. The van der Waals surface area contributed by atoms with Crippen LogP contribution in [0.4, 0.5) is 16.5 Å². The van der Waals surface area contributed by atoms with Gasteiger partial charge in [0.2, 0.25) is 11.0 Å². The van der Waals surface area contributed by atoms with Gasteiger partial charge in [-0.15, -0.1) is 21.6 Å². The molecule has 3 aromatic carbocycles. The van der Waals surface area contributed by atoms with Crippen LogP contribution in [0.1, 0.15) is 5.56 Å². The van der Waals surface area contributed by atoms with E-state index in [1.165, 1.54) is 11.3 Å². The lowest BCUT2D eigenvalue weighted by Gasteiger charge is -2.12. The molecule has 10 heteroatoms. The summed E-state index contributed by atoms with van der Waals surface area (Å²) in [5.41, 5.74) is 3.79. The number of rotatable bonds is 6. The highest BCUT2D eigenvalue weighted by molar-refractivity contribution is 7.92. The fourth-order valence-electron chi connectivity index (χ4n) is 3.75. The summed E-state index contributed by atoms with van der Waals surface area (Å²) < 4.78 is 30.1. The van der Waals surface area contributed by atoms with Crippen molar-refractivity contribution in [3.8, 4) is 17.1 Å². The van der Waals surface area contributed by atoms with Crippen LogP contribution < -0.4 is 4.72 Å². The number of azo groups is 1. The minimum atomic E-state index is -3.77. The number of nitrogens with one attached hydrogen (secondary N) is 1.